The molecule has 3 aromatic rings. The van der Waals surface area contributed by atoms with Crippen molar-refractivity contribution in [1.82, 2.24) is 14.4 Å². The number of hydrogen-bond acceptors (Lipinski definition) is 5. The minimum atomic E-state index is -3.71. The van der Waals surface area contributed by atoms with Crippen molar-refractivity contribution in [3.8, 4) is 0 Å². The van der Waals surface area contributed by atoms with Crippen LogP contribution in [-0.2, 0) is 16.6 Å². The molecule has 1 aliphatic carbocycles. The predicted molar refractivity (Wildman–Crippen MR) is 102 cm³/mol. The molecule has 9 heteroatoms. The number of nitrogens with one attached hydrogen (secondary N) is 1. The summed E-state index contributed by atoms with van der Waals surface area (Å²) in [5.41, 5.74) is -0.0389. The molecule has 0 aliphatic heterocycles. The normalized spacial score (nSPS) is 16.0. The second-order valence-corrected chi connectivity index (χ2v) is 9.31. The molecule has 0 unspecified atom stereocenters. The van der Waals surface area contributed by atoms with Gasteiger partial charge >= 0.3 is 0 Å². The topological polar surface area (TPSA) is 94.2 Å². The molecule has 0 spiro atoms. The molecule has 1 fully saturated rings. The van der Waals surface area contributed by atoms with Crippen LogP contribution in [0.3, 0.4) is 0 Å². The van der Waals surface area contributed by atoms with Gasteiger partial charge in [-0.25, -0.2) is 13.1 Å². The van der Waals surface area contributed by atoms with Crippen molar-refractivity contribution in [2.75, 3.05) is 0 Å². The number of nitrogens with zero attached hydrogens (tertiary/aromatic N) is 2. The summed E-state index contributed by atoms with van der Waals surface area (Å²) in [7, 11) is -3.71. The maximum atomic E-state index is 12.9. The number of sulfonamides is 1. The summed E-state index contributed by atoms with van der Waals surface area (Å²) in [6.45, 7) is 3.80. The molecule has 0 radical (unpaired) electrons. The third kappa shape index (κ3) is 3.52. The molecule has 1 aromatic carbocycles. The maximum Gasteiger partial charge on any atom is 0.258 e. The molecule has 4 rings (SSSR count). The Balaban J connectivity index is 1.80. The van der Waals surface area contributed by atoms with E-state index < -0.39 is 15.6 Å². The summed E-state index contributed by atoms with van der Waals surface area (Å²) in [6, 6.07) is 6.13. The summed E-state index contributed by atoms with van der Waals surface area (Å²) in [6.07, 6.45) is 3.12. The lowest BCUT2D eigenvalue weighted by atomic mass is 10.2. The fraction of sp³-hybridized carbons (Fsp3) is 0.333. The number of hydrogen-bond donors (Lipinski definition) is 1. The van der Waals surface area contributed by atoms with Crippen molar-refractivity contribution < 1.29 is 12.9 Å². The van der Waals surface area contributed by atoms with E-state index in [1.54, 1.807) is 19.1 Å². The van der Waals surface area contributed by atoms with Crippen molar-refractivity contribution >= 4 is 32.4 Å². The van der Waals surface area contributed by atoms with Gasteiger partial charge in [0.1, 0.15) is 0 Å². The molecular weight excluding hydrogens is 390 g/mol. The lowest BCUT2D eigenvalue weighted by Crippen LogP contribution is -2.34. The number of benzene rings is 1. The third-order valence-corrected chi connectivity index (χ3v) is 6.64. The van der Waals surface area contributed by atoms with Crippen molar-refractivity contribution in [3.05, 3.63) is 57.3 Å². The van der Waals surface area contributed by atoms with Crippen LogP contribution >= 0.6 is 11.6 Å². The Morgan fingerprint density at radius 2 is 2.04 bits per heavy atom. The van der Waals surface area contributed by atoms with Gasteiger partial charge in [0.2, 0.25) is 10.0 Å². The first kappa shape index (κ1) is 18.2. The van der Waals surface area contributed by atoms with Crippen LogP contribution in [0.4, 0.5) is 0 Å². The Kier molecular flexibility index (Phi) is 4.17. The SMILES string of the molecule is Cc1cc(Cn2cc(Cl)c3ccc(S(=O)(=O)NC4(C)CC4)cc3c2=O)on1. The quantitative estimate of drug-likeness (QED) is 0.701. The van der Waals surface area contributed by atoms with E-state index in [1.165, 1.54) is 22.9 Å². The molecular formula is C18H18ClN3O4S. The number of rotatable bonds is 5. The largest absolute Gasteiger partial charge is 0.359 e. The average Bonchev–Trinajstić information content (AvgIpc) is 3.17. The third-order valence-electron chi connectivity index (χ3n) is 4.70. The van der Waals surface area contributed by atoms with Gasteiger partial charge in [0.25, 0.3) is 5.56 Å². The summed E-state index contributed by atoms with van der Waals surface area (Å²) in [5.74, 6) is 0.511. The first-order valence-corrected chi connectivity index (χ1v) is 10.3. The highest BCUT2D eigenvalue weighted by Crippen LogP contribution is 2.36. The minimum Gasteiger partial charge on any atom is -0.359 e. The van der Waals surface area contributed by atoms with Crippen molar-refractivity contribution in [2.24, 2.45) is 0 Å². The van der Waals surface area contributed by atoms with Gasteiger partial charge in [0.05, 0.1) is 27.5 Å². The Bertz CT molecular complexity index is 1210. The Morgan fingerprint density at radius 3 is 2.67 bits per heavy atom. The van der Waals surface area contributed by atoms with Crippen LogP contribution in [0.5, 0.6) is 0 Å². The predicted octanol–water partition coefficient (Wildman–Crippen LogP) is 2.83. The van der Waals surface area contributed by atoms with Gasteiger partial charge in [-0.15, -0.1) is 0 Å². The lowest BCUT2D eigenvalue weighted by molar-refractivity contribution is 0.372. The summed E-state index contributed by atoms with van der Waals surface area (Å²) in [5, 5.41) is 4.90. The van der Waals surface area contributed by atoms with Gasteiger partial charge in [-0.1, -0.05) is 22.8 Å². The number of fused-ring (bicyclic) bond motifs is 1. The standard InChI is InChI=1S/C18H18ClN3O4S/c1-11-7-12(26-20-11)9-22-10-16(19)14-4-3-13(8-15(14)17(22)23)27(24,25)21-18(2)5-6-18/h3-4,7-8,10,21H,5-6,9H2,1-2H3. The van der Waals surface area contributed by atoms with E-state index in [0.717, 1.165) is 12.8 Å². The van der Waals surface area contributed by atoms with Crippen LogP contribution in [-0.4, -0.2) is 23.7 Å². The van der Waals surface area contributed by atoms with Gasteiger partial charge in [0, 0.05) is 23.2 Å². The highest BCUT2D eigenvalue weighted by Gasteiger charge is 2.41. The number of aromatic nitrogens is 2. The minimum absolute atomic E-state index is 0.0459. The van der Waals surface area contributed by atoms with Gasteiger partial charge < -0.3 is 9.09 Å². The fourth-order valence-corrected chi connectivity index (χ4v) is 4.72. The van der Waals surface area contributed by atoms with E-state index in [-0.39, 0.29) is 22.4 Å². The zero-order valence-electron chi connectivity index (χ0n) is 14.8. The zero-order valence-corrected chi connectivity index (χ0v) is 16.4. The molecule has 1 saturated carbocycles. The van der Waals surface area contributed by atoms with Crippen LogP contribution in [0.2, 0.25) is 5.02 Å². The van der Waals surface area contributed by atoms with E-state index in [9.17, 15) is 13.2 Å². The Labute approximate surface area is 161 Å². The monoisotopic (exact) mass is 407 g/mol. The lowest BCUT2D eigenvalue weighted by Gasteiger charge is -2.13. The van der Waals surface area contributed by atoms with E-state index in [2.05, 4.69) is 9.88 Å². The Morgan fingerprint density at radius 1 is 1.30 bits per heavy atom. The molecule has 142 valence electrons. The fourth-order valence-electron chi connectivity index (χ4n) is 2.94. The summed E-state index contributed by atoms with van der Waals surface area (Å²) < 4.78 is 34.5. The van der Waals surface area contributed by atoms with Crippen LogP contribution in [0.25, 0.3) is 10.8 Å². The summed E-state index contributed by atoms with van der Waals surface area (Å²) >= 11 is 6.32. The summed E-state index contributed by atoms with van der Waals surface area (Å²) in [4.78, 5) is 12.9. The van der Waals surface area contributed by atoms with Crippen molar-refractivity contribution in [1.29, 1.82) is 0 Å². The number of aryl methyl sites for hydroxylation is 1. The first-order chi connectivity index (χ1) is 12.7. The van der Waals surface area contributed by atoms with Crippen molar-refractivity contribution in [3.63, 3.8) is 0 Å². The molecule has 1 aliphatic rings. The van der Waals surface area contributed by atoms with Gasteiger partial charge in [0.15, 0.2) is 5.76 Å². The van der Waals surface area contributed by atoms with Gasteiger partial charge in [-0.2, -0.15) is 0 Å². The second kappa shape index (κ2) is 6.19. The van der Waals surface area contributed by atoms with Gasteiger partial charge in [-0.3, -0.25) is 4.79 Å². The molecule has 2 aromatic heterocycles. The first-order valence-electron chi connectivity index (χ1n) is 8.46. The maximum absolute atomic E-state index is 12.9. The zero-order chi connectivity index (χ0) is 19.4. The van der Waals surface area contributed by atoms with E-state index in [0.29, 0.717) is 21.9 Å². The van der Waals surface area contributed by atoms with Crippen LogP contribution in [0.1, 0.15) is 31.2 Å². The smallest absolute Gasteiger partial charge is 0.258 e. The number of halogens is 1. The molecule has 1 N–H and O–H groups in total. The van der Waals surface area contributed by atoms with E-state index in [1.807, 2.05) is 6.92 Å². The van der Waals surface area contributed by atoms with Crippen LogP contribution in [0, 0.1) is 6.92 Å². The van der Waals surface area contributed by atoms with Crippen LogP contribution < -0.4 is 10.3 Å². The molecule has 2 heterocycles. The van der Waals surface area contributed by atoms with E-state index in [4.69, 9.17) is 16.1 Å². The van der Waals surface area contributed by atoms with E-state index >= 15 is 0 Å². The molecule has 0 saturated heterocycles. The van der Waals surface area contributed by atoms with Crippen LogP contribution in [0.15, 0.2) is 44.7 Å². The molecule has 0 atom stereocenters. The molecule has 27 heavy (non-hydrogen) atoms. The Hall–Kier alpha value is -2.16. The number of pyridine rings is 1. The average molecular weight is 408 g/mol. The molecule has 7 nitrogen and oxygen atoms in total. The highest BCUT2D eigenvalue weighted by molar-refractivity contribution is 7.89. The molecule has 0 amide bonds. The van der Waals surface area contributed by atoms with Gasteiger partial charge in [-0.05, 0) is 38.8 Å². The second-order valence-electron chi connectivity index (χ2n) is 7.22. The highest BCUT2D eigenvalue weighted by atomic mass is 35.5. The van der Waals surface area contributed by atoms with Crippen molar-refractivity contribution in [2.45, 2.75) is 43.7 Å². The molecule has 0 bridgehead atoms.